The van der Waals surface area contributed by atoms with E-state index >= 15 is 0 Å². The zero-order valence-electron chi connectivity index (χ0n) is 8.25. The van der Waals surface area contributed by atoms with Crippen molar-refractivity contribution in [2.75, 3.05) is 18.6 Å². The molecular formula is C10H18N2O. The van der Waals surface area contributed by atoms with Gasteiger partial charge in [0.15, 0.2) is 0 Å². The summed E-state index contributed by atoms with van der Waals surface area (Å²) in [5.41, 5.74) is 6.95. The summed E-state index contributed by atoms with van der Waals surface area (Å²) in [6.45, 7) is 4.95. The Kier molecular flexibility index (Phi) is 6.96. The molecule has 0 saturated heterocycles. The van der Waals surface area contributed by atoms with Crippen molar-refractivity contribution in [2.24, 2.45) is 5.73 Å². The van der Waals surface area contributed by atoms with E-state index in [1.54, 1.807) is 0 Å². The highest BCUT2D eigenvalue weighted by atomic mass is 16.3. The van der Waals surface area contributed by atoms with Crippen LogP contribution in [0.2, 0.25) is 0 Å². The van der Waals surface area contributed by atoms with Crippen molar-refractivity contribution in [1.29, 1.82) is 0 Å². The average Bonchev–Trinajstić information content (AvgIpc) is 2.11. The Labute approximate surface area is 79.6 Å². The van der Waals surface area contributed by atoms with E-state index in [4.69, 9.17) is 5.11 Å². The van der Waals surface area contributed by atoms with Crippen molar-refractivity contribution < 1.29 is 5.11 Å². The van der Waals surface area contributed by atoms with Gasteiger partial charge in [0.25, 0.3) is 0 Å². The van der Waals surface area contributed by atoms with Gasteiger partial charge < -0.3 is 16.2 Å². The Morgan fingerprint density at radius 1 is 1.38 bits per heavy atom. The molecule has 0 aromatic heterocycles. The maximum atomic E-state index is 7.35. The molecule has 3 heteroatoms. The van der Waals surface area contributed by atoms with Crippen molar-refractivity contribution in [3.63, 3.8) is 0 Å². The number of aryl methyl sites for hydroxylation is 1. The lowest BCUT2D eigenvalue weighted by Crippen LogP contribution is -1.97. The first-order valence-corrected chi connectivity index (χ1v) is 4.36. The molecule has 1 aromatic carbocycles. The Bertz CT molecular complexity index is 226. The number of hydrogen-bond acceptors (Lipinski definition) is 3. The van der Waals surface area contributed by atoms with Crippen molar-refractivity contribution in [3.8, 4) is 0 Å². The normalized spacial score (nSPS) is 8.62. The number of para-hydroxylation sites is 1. The monoisotopic (exact) mass is 182 g/mol. The number of benzene rings is 1. The molecule has 74 valence electrons. The summed E-state index contributed by atoms with van der Waals surface area (Å²) in [6, 6.07) is 8.30. The third-order valence-corrected chi connectivity index (χ3v) is 1.51. The molecule has 0 heterocycles. The SMILES string of the molecule is CCNc1ccccc1C.NCO. The summed E-state index contributed by atoms with van der Waals surface area (Å²) < 4.78 is 0. The molecule has 4 N–H and O–H groups in total. The van der Waals surface area contributed by atoms with E-state index in [-0.39, 0.29) is 6.73 Å². The number of nitrogens with two attached hydrogens (primary N) is 1. The summed E-state index contributed by atoms with van der Waals surface area (Å²) >= 11 is 0. The minimum Gasteiger partial charge on any atom is -0.385 e. The second kappa shape index (κ2) is 7.58. The number of anilines is 1. The topological polar surface area (TPSA) is 58.3 Å². The molecule has 3 nitrogen and oxygen atoms in total. The minimum absolute atomic E-state index is 0.250. The van der Waals surface area contributed by atoms with Crippen LogP contribution in [0.25, 0.3) is 0 Å². The first-order chi connectivity index (χ1) is 6.26. The molecule has 0 fully saturated rings. The Balaban J connectivity index is 0.000000424. The van der Waals surface area contributed by atoms with Gasteiger partial charge in [-0.1, -0.05) is 18.2 Å². The van der Waals surface area contributed by atoms with E-state index in [0.717, 1.165) is 6.54 Å². The van der Waals surface area contributed by atoms with Crippen LogP contribution in [0, 0.1) is 6.92 Å². The lowest BCUT2D eigenvalue weighted by atomic mass is 10.2. The lowest BCUT2D eigenvalue weighted by Gasteiger charge is -2.04. The van der Waals surface area contributed by atoms with Gasteiger partial charge in [-0.3, -0.25) is 0 Å². The fourth-order valence-electron chi connectivity index (χ4n) is 0.962. The van der Waals surface area contributed by atoms with Crippen LogP contribution in [0.5, 0.6) is 0 Å². The van der Waals surface area contributed by atoms with Gasteiger partial charge in [-0.2, -0.15) is 0 Å². The molecule has 0 saturated carbocycles. The molecule has 0 amide bonds. The predicted molar refractivity (Wildman–Crippen MR) is 56.6 cm³/mol. The molecular weight excluding hydrogens is 164 g/mol. The second-order valence-electron chi connectivity index (χ2n) is 2.53. The van der Waals surface area contributed by atoms with Crippen LogP contribution in [0.3, 0.4) is 0 Å². The van der Waals surface area contributed by atoms with E-state index in [9.17, 15) is 0 Å². The molecule has 0 bridgehead atoms. The highest BCUT2D eigenvalue weighted by Crippen LogP contribution is 2.11. The van der Waals surface area contributed by atoms with Crippen LogP contribution in [-0.2, 0) is 0 Å². The second-order valence-corrected chi connectivity index (χ2v) is 2.53. The smallest absolute Gasteiger partial charge is 0.0906 e. The highest BCUT2D eigenvalue weighted by Gasteiger charge is 1.90. The summed E-state index contributed by atoms with van der Waals surface area (Å²) in [6.07, 6.45) is 0. The quantitative estimate of drug-likeness (QED) is 0.605. The maximum Gasteiger partial charge on any atom is 0.0906 e. The fourth-order valence-corrected chi connectivity index (χ4v) is 0.962. The van der Waals surface area contributed by atoms with Crippen LogP contribution >= 0.6 is 0 Å². The highest BCUT2D eigenvalue weighted by molar-refractivity contribution is 5.49. The van der Waals surface area contributed by atoms with Gasteiger partial charge in [0.1, 0.15) is 0 Å². The molecule has 0 atom stereocenters. The van der Waals surface area contributed by atoms with Gasteiger partial charge >= 0.3 is 0 Å². The molecule has 0 aliphatic heterocycles. The van der Waals surface area contributed by atoms with Gasteiger partial charge in [0.05, 0.1) is 6.73 Å². The fraction of sp³-hybridized carbons (Fsp3) is 0.400. The number of rotatable bonds is 2. The summed E-state index contributed by atoms with van der Waals surface area (Å²) in [4.78, 5) is 0. The van der Waals surface area contributed by atoms with E-state index in [2.05, 4.69) is 43.1 Å². The molecule has 0 unspecified atom stereocenters. The number of nitrogens with one attached hydrogen (secondary N) is 1. The molecule has 0 radical (unpaired) electrons. The summed E-state index contributed by atoms with van der Waals surface area (Å²) in [5, 5.41) is 10.6. The first kappa shape index (κ1) is 11.9. The first-order valence-electron chi connectivity index (χ1n) is 4.36. The van der Waals surface area contributed by atoms with Crippen LogP contribution < -0.4 is 11.1 Å². The largest absolute Gasteiger partial charge is 0.385 e. The molecule has 1 rings (SSSR count). The van der Waals surface area contributed by atoms with E-state index in [1.165, 1.54) is 11.3 Å². The van der Waals surface area contributed by atoms with Crippen LogP contribution in [-0.4, -0.2) is 18.4 Å². The Morgan fingerprint density at radius 2 is 1.92 bits per heavy atom. The van der Waals surface area contributed by atoms with Gasteiger partial charge in [-0.05, 0) is 25.5 Å². The van der Waals surface area contributed by atoms with Gasteiger partial charge in [0.2, 0.25) is 0 Å². The average molecular weight is 182 g/mol. The van der Waals surface area contributed by atoms with Gasteiger partial charge in [0, 0.05) is 12.2 Å². The maximum absolute atomic E-state index is 7.35. The minimum atomic E-state index is -0.250. The van der Waals surface area contributed by atoms with Crippen LogP contribution in [0.4, 0.5) is 5.69 Å². The van der Waals surface area contributed by atoms with Crippen molar-refractivity contribution in [1.82, 2.24) is 0 Å². The zero-order valence-corrected chi connectivity index (χ0v) is 8.25. The number of hydrogen-bond donors (Lipinski definition) is 3. The molecule has 0 aliphatic rings. The van der Waals surface area contributed by atoms with E-state index in [0.29, 0.717) is 0 Å². The lowest BCUT2D eigenvalue weighted by molar-refractivity contribution is 0.307. The molecule has 13 heavy (non-hydrogen) atoms. The predicted octanol–water partition coefficient (Wildman–Crippen LogP) is 1.32. The van der Waals surface area contributed by atoms with Crippen molar-refractivity contribution in [2.45, 2.75) is 13.8 Å². The van der Waals surface area contributed by atoms with E-state index in [1.807, 2.05) is 6.07 Å². The van der Waals surface area contributed by atoms with E-state index < -0.39 is 0 Å². The standard InChI is InChI=1S/C9H13N.CH5NO/c1-3-10-9-7-5-4-6-8(9)2;2-1-3/h4-7,10H,3H2,1-2H3;3H,1-2H2. The molecule has 0 aliphatic carbocycles. The third kappa shape index (κ3) is 5.22. The van der Waals surface area contributed by atoms with Crippen molar-refractivity contribution in [3.05, 3.63) is 29.8 Å². The Hall–Kier alpha value is -1.06. The number of aliphatic hydroxyl groups is 1. The third-order valence-electron chi connectivity index (χ3n) is 1.51. The van der Waals surface area contributed by atoms with Gasteiger partial charge in [-0.25, -0.2) is 0 Å². The Morgan fingerprint density at radius 3 is 2.38 bits per heavy atom. The summed E-state index contributed by atoms with van der Waals surface area (Å²) in [7, 11) is 0. The summed E-state index contributed by atoms with van der Waals surface area (Å²) in [5.74, 6) is 0. The van der Waals surface area contributed by atoms with Crippen LogP contribution in [0.15, 0.2) is 24.3 Å². The molecule has 0 spiro atoms. The van der Waals surface area contributed by atoms with Crippen molar-refractivity contribution >= 4 is 5.69 Å². The molecule has 1 aromatic rings. The zero-order chi connectivity index (χ0) is 10.1. The van der Waals surface area contributed by atoms with Crippen LogP contribution in [0.1, 0.15) is 12.5 Å². The van der Waals surface area contributed by atoms with Gasteiger partial charge in [-0.15, -0.1) is 0 Å². The number of aliphatic hydroxyl groups excluding tert-OH is 1.